The molecule has 1 atom stereocenters. The van der Waals surface area contributed by atoms with E-state index in [0.29, 0.717) is 0 Å². The van der Waals surface area contributed by atoms with E-state index in [4.69, 9.17) is 9.84 Å². The van der Waals surface area contributed by atoms with Gasteiger partial charge in [-0.2, -0.15) is 13.1 Å². The minimum atomic E-state index is -4.36. The van der Waals surface area contributed by atoms with E-state index in [1.165, 1.54) is 12.1 Å². The number of aryl methyl sites for hydroxylation is 1. The Morgan fingerprint density at radius 2 is 1.92 bits per heavy atom. The van der Waals surface area contributed by atoms with E-state index in [0.717, 1.165) is 17.5 Å². The number of benzene rings is 1. The van der Waals surface area contributed by atoms with Crippen LogP contribution in [0.5, 0.6) is 0 Å². The maximum absolute atomic E-state index is 12.5. The predicted molar refractivity (Wildman–Crippen MR) is 92.4 cm³/mol. The monoisotopic (exact) mass is 407 g/mol. The zero-order chi connectivity index (χ0) is 19.5. The van der Waals surface area contributed by atoms with Crippen LogP contribution in [0.4, 0.5) is 4.79 Å². The number of rotatable bonds is 6. The highest BCUT2D eigenvalue weighted by molar-refractivity contribution is 8.03. The number of nitrogens with zero attached hydrogens (tertiary/aromatic N) is 2. The molecule has 0 spiro atoms. The molecule has 0 unspecified atom stereocenters. The summed E-state index contributed by atoms with van der Waals surface area (Å²) in [6.07, 6.45) is -1.83. The Hall–Kier alpha value is -1.73. The van der Waals surface area contributed by atoms with Crippen LogP contribution in [-0.4, -0.2) is 76.0 Å². The molecule has 12 heteroatoms. The first kappa shape index (κ1) is 20.6. The summed E-state index contributed by atoms with van der Waals surface area (Å²) in [6, 6.07) is 5.78. The van der Waals surface area contributed by atoms with Crippen molar-refractivity contribution < 1.29 is 31.5 Å². The molecule has 1 aromatic carbocycles. The molecule has 0 radical (unpaired) electrons. The highest BCUT2D eigenvalue weighted by Crippen LogP contribution is 2.17. The third-order valence-corrected chi connectivity index (χ3v) is 7.83. The molecule has 1 fully saturated rings. The lowest BCUT2D eigenvalue weighted by atomic mass is 10.2. The van der Waals surface area contributed by atoms with Crippen LogP contribution in [0.15, 0.2) is 29.2 Å². The number of ether oxygens (including phenoxy) is 1. The molecule has 1 amide bonds. The molecule has 26 heavy (non-hydrogen) atoms. The van der Waals surface area contributed by atoms with Crippen molar-refractivity contribution in [3.63, 3.8) is 0 Å². The number of nitrogens with one attached hydrogen (secondary N) is 1. The highest BCUT2D eigenvalue weighted by Gasteiger charge is 2.33. The van der Waals surface area contributed by atoms with E-state index >= 15 is 0 Å². The molecule has 1 heterocycles. The minimum Gasteiger partial charge on any atom is -0.465 e. The maximum atomic E-state index is 12.5. The topological polar surface area (TPSA) is 133 Å². The van der Waals surface area contributed by atoms with Gasteiger partial charge in [0.1, 0.15) is 0 Å². The zero-order valence-corrected chi connectivity index (χ0v) is 16.0. The van der Waals surface area contributed by atoms with Crippen LogP contribution in [0.1, 0.15) is 5.56 Å². The summed E-state index contributed by atoms with van der Waals surface area (Å²) in [7, 11) is -7.68. The molecule has 1 aromatic rings. The number of morpholine rings is 1. The summed E-state index contributed by atoms with van der Waals surface area (Å²) >= 11 is 0. The second-order valence-electron chi connectivity index (χ2n) is 5.77. The van der Waals surface area contributed by atoms with Gasteiger partial charge >= 0.3 is 6.09 Å². The van der Waals surface area contributed by atoms with Crippen LogP contribution < -0.4 is 4.72 Å². The van der Waals surface area contributed by atoms with Crippen molar-refractivity contribution in [2.24, 2.45) is 0 Å². The number of hydrogen-bond acceptors (Lipinski definition) is 6. The van der Waals surface area contributed by atoms with Gasteiger partial charge in [-0.05, 0) is 19.1 Å². The Morgan fingerprint density at radius 3 is 2.50 bits per heavy atom. The van der Waals surface area contributed by atoms with Gasteiger partial charge in [0.25, 0.3) is 20.2 Å². The number of carboxylic acid groups (broad SMARTS) is 1. The van der Waals surface area contributed by atoms with E-state index < -0.39 is 32.4 Å². The summed E-state index contributed by atoms with van der Waals surface area (Å²) in [4.78, 5) is 11.9. The van der Waals surface area contributed by atoms with Gasteiger partial charge in [-0.1, -0.05) is 21.4 Å². The molecule has 0 aromatic heterocycles. The van der Waals surface area contributed by atoms with Gasteiger partial charge in [-0.25, -0.2) is 13.2 Å². The van der Waals surface area contributed by atoms with Gasteiger partial charge < -0.3 is 14.7 Å². The number of carbonyl (C=O) groups is 1. The van der Waals surface area contributed by atoms with E-state index in [2.05, 4.69) is 4.72 Å². The molecule has 0 saturated carbocycles. The standard InChI is InChI=1S/C14H21N3O7S2/c1-11-3-5-13(6-4-11)25(20,21)16(2)26(22,23)15-9-12-10-17(14(18)19)7-8-24-12/h3-6,12,15H,7-10H2,1-2H3,(H,18,19)/t12-/m1/s1. The molecule has 1 aliphatic heterocycles. The van der Waals surface area contributed by atoms with Crippen LogP contribution in [-0.2, 0) is 25.0 Å². The minimum absolute atomic E-state index is 0.00766. The van der Waals surface area contributed by atoms with Gasteiger partial charge in [-0.15, -0.1) is 0 Å². The molecule has 146 valence electrons. The van der Waals surface area contributed by atoms with E-state index in [1.807, 2.05) is 0 Å². The van der Waals surface area contributed by atoms with Gasteiger partial charge in [0.15, 0.2) is 0 Å². The molecular weight excluding hydrogens is 386 g/mol. The van der Waals surface area contributed by atoms with Crippen molar-refractivity contribution in [3.05, 3.63) is 29.8 Å². The SMILES string of the molecule is Cc1ccc(S(=O)(=O)N(C)S(=O)(=O)NC[C@@H]2CN(C(=O)O)CCO2)cc1. The van der Waals surface area contributed by atoms with Crippen LogP contribution in [0.25, 0.3) is 0 Å². The predicted octanol–water partition coefficient (Wildman–Crippen LogP) is -0.171. The largest absolute Gasteiger partial charge is 0.465 e. The smallest absolute Gasteiger partial charge is 0.407 e. The lowest BCUT2D eigenvalue weighted by molar-refractivity contribution is -0.0183. The fourth-order valence-corrected chi connectivity index (χ4v) is 5.10. The average Bonchev–Trinajstić information content (AvgIpc) is 2.60. The third kappa shape index (κ3) is 4.71. The first-order chi connectivity index (χ1) is 12.0. The van der Waals surface area contributed by atoms with Crippen molar-refractivity contribution in [3.8, 4) is 0 Å². The fraction of sp³-hybridized carbons (Fsp3) is 0.500. The molecule has 1 aliphatic rings. The lowest BCUT2D eigenvalue weighted by Crippen LogP contribution is -2.51. The first-order valence-electron chi connectivity index (χ1n) is 7.69. The second-order valence-corrected chi connectivity index (χ2v) is 9.76. The van der Waals surface area contributed by atoms with Crippen molar-refractivity contribution in [2.45, 2.75) is 17.9 Å². The van der Waals surface area contributed by atoms with E-state index in [-0.39, 0.29) is 34.8 Å². The van der Waals surface area contributed by atoms with Crippen LogP contribution in [0, 0.1) is 6.92 Å². The van der Waals surface area contributed by atoms with Crippen LogP contribution in [0.2, 0.25) is 0 Å². The maximum Gasteiger partial charge on any atom is 0.407 e. The summed E-state index contributed by atoms with van der Waals surface area (Å²) in [5.74, 6) is 0. The Balaban J connectivity index is 2.06. The normalized spacial score (nSPS) is 18.9. The number of hydrogen-bond donors (Lipinski definition) is 2. The molecule has 1 saturated heterocycles. The van der Waals surface area contributed by atoms with Crippen LogP contribution >= 0.6 is 0 Å². The molecule has 0 bridgehead atoms. The Kier molecular flexibility index (Phi) is 6.24. The van der Waals surface area contributed by atoms with Gasteiger partial charge in [0.05, 0.1) is 24.2 Å². The van der Waals surface area contributed by atoms with Gasteiger partial charge in [0, 0.05) is 20.1 Å². The number of amides is 1. The van der Waals surface area contributed by atoms with Crippen molar-refractivity contribution in [1.29, 1.82) is 0 Å². The highest BCUT2D eigenvalue weighted by atomic mass is 32.3. The fourth-order valence-electron chi connectivity index (χ4n) is 2.29. The molecule has 0 aliphatic carbocycles. The molecule has 10 nitrogen and oxygen atoms in total. The van der Waals surface area contributed by atoms with Gasteiger partial charge in [-0.3, -0.25) is 0 Å². The van der Waals surface area contributed by atoms with Crippen molar-refractivity contribution >= 4 is 26.3 Å². The summed E-state index contributed by atoms with van der Waals surface area (Å²) in [5, 5.41) is 8.97. The van der Waals surface area contributed by atoms with Gasteiger partial charge in [0.2, 0.25) is 0 Å². The second kappa shape index (κ2) is 7.88. The zero-order valence-electron chi connectivity index (χ0n) is 14.3. The van der Waals surface area contributed by atoms with E-state index in [1.54, 1.807) is 19.1 Å². The average molecular weight is 407 g/mol. The lowest BCUT2D eigenvalue weighted by Gasteiger charge is -2.31. The Bertz CT molecular complexity index is 853. The number of sulfonamides is 1. The van der Waals surface area contributed by atoms with Crippen molar-refractivity contribution in [2.75, 3.05) is 33.3 Å². The first-order valence-corrected chi connectivity index (χ1v) is 10.6. The summed E-state index contributed by atoms with van der Waals surface area (Å²) in [6.45, 7) is 1.85. The molecule has 2 N–H and O–H groups in total. The Labute approximate surface area is 152 Å². The summed E-state index contributed by atoms with van der Waals surface area (Å²) in [5.41, 5.74) is 0.838. The quantitative estimate of drug-likeness (QED) is 0.669. The molecule has 2 rings (SSSR count). The van der Waals surface area contributed by atoms with Crippen LogP contribution in [0.3, 0.4) is 0 Å². The third-order valence-electron chi connectivity index (χ3n) is 3.90. The van der Waals surface area contributed by atoms with Crippen molar-refractivity contribution in [1.82, 2.24) is 13.3 Å². The molecular formula is C14H21N3O7S2. The Morgan fingerprint density at radius 1 is 1.31 bits per heavy atom. The summed E-state index contributed by atoms with van der Waals surface area (Å²) < 4.78 is 57.3. The van der Waals surface area contributed by atoms with E-state index in [9.17, 15) is 21.6 Å².